The maximum absolute atomic E-state index is 5.99. The monoisotopic (exact) mass is 328 g/mol. The van der Waals surface area contributed by atoms with E-state index in [0.717, 1.165) is 10.2 Å². The average molecular weight is 330 g/mol. The van der Waals surface area contributed by atoms with Gasteiger partial charge in [0, 0.05) is 6.07 Å². The molecule has 1 aromatic heterocycles. The van der Waals surface area contributed by atoms with Gasteiger partial charge in [-0.2, -0.15) is 9.97 Å². The number of nitrogens with two attached hydrogens (primary N) is 2. The number of aromatic nitrogens is 2. The summed E-state index contributed by atoms with van der Waals surface area (Å²) in [7, 11) is 0. The van der Waals surface area contributed by atoms with Crippen molar-refractivity contribution in [3.05, 3.63) is 33.8 Å². The second-order valence-corrected chi connectivity index (χ2v) is 4.57. The molecule has 2 rings (SSSR count). The van der Waals surface area contributed by atoms with Crippen LogP contribution >= 0.6 is 27.5 Å². The molecule has 0 unspecified atom stereocenters. The molecule has 0 aliphatic heterocycles. The molecule has 1 heterocycles. The Kier molecular flexibility index (Phi) is 3.85. The van der Waals surface area contributed by atoms with Crippen molar-refractivity contribution in [2.75, 3.05) is 16.5 Å². The molecule has 0 amide bonds. The molecule has 0 aliphatic carbocycles. The molecule has 2 aromatic rings. The quantitative estimate of drug-likeness (QED) is 0.510. The smallest absolute Gasteiger partial charge is 0.223 e. The summed E-state index contributed by atoms with van der Waals surface area (Å²) in [6.07, 6.45) is 0. The Morgan fingerprint density at radius 1 is 1.22 bits per heavy atom. The van der Waals surface area contributed by atoms with Gasteiger partial charge in [-0.1, -0.05) is 17.7 Å². The van der Waals surface area contributed by atoms with Gasteiger partial charge < -0.3 is 16.5 Å². The molecule has 6 nitrogen and oxygen atoms in total. The maximum atomic E-state index is 5.99. The number of benzene rings is 1. The fraction of sp³-hybridized carbons (Fsp3) is 0. The molecule has 0 atom stereocenters. The van der Waals surface area contributed by atoms with Crippen LogP contribution < -0.4 is 22.3 Å². The highest BCUT2D eigenvalue weighted by Crippen LogP contribution is 2.32. The van der Waals surface area contributed by atoms with Gasteiger partial charge in [0.1, 0.15) is 11.6 Å². The highest BCUT2D eigenvalue weighted by Gasteiger charge is 2.06. The summed E-state index contributed by atoms with van der Waals surface area (Å²) in [4.78, 5) is 7.93. The van der Waals surface area contributed by atoms with E-state index in [1.54, 1.807) is 12.1 Å². The van der Waals surface area contributed by atoms with E-state index >= 15 is 0 Å². The first-order valence-corrected chi connectivity index (χ1v) is 6.09. The van der Waals surface area contributed by atoms with Gasteiger partial charge in [0.05, 0.1) is 15.2 Å². The predicted octanol–water partition coefficient (Wildman–Crippen LogP) is 2.50. The lowest BCUT2D eigenvalue weighted by atomic mass is 10.3. The summed E-state index contributed by atoms with van der Waals surface area (Å²) in [6, 6.07) is 7.08. The van der Waals surface area contributed by atoms with Crippen molar-refractivity contribution < 1.29 is 0 Å². The third-order valence-electron chi connectivity index (χ3n) is 2.11. The van der Waals surface area contributed by atoms with Crippen molar-refractivity contribution in [1.82, 2.24) is 9.97 Å². The second-order valence-electron chi connectivity index (χ2n) is 3.37. The Morgan fingerprint density at radius 2 is 1.94 bits per heavy atom. The van der Waals surface area contributed by atoms with Crippen LogP contribution in [-0.4, -0.2) is 9.97 Å². The zero-order valence-corrected chi connectivity index (χ0v) is 11.5. The molecule has 6 N–H and O–H groups in total. The van der Waals surface area contributed by atoms with Crippen LogP contribution in [0.3, 0.4) is 0 Å². The van der Waals surface area contributed by atoms with E-state index in [1.165, 1.54) is 0 Å². The van der Waals surface area contributed by atoms with Crippen molar-refractivity contribution in [3.8, 4) is 0 Å². The number of nitrogen functional groups attached to an aromatic ring is 2. The molecule has 0 spiro atoms. The molecular weight excluding hydrogens is 320 g/mol. The summed E-state index contributed by atoms with van der Waals surface area (Å²) < 4.78 is 0.742. The highest BCUT2D eigenvalue weighted by molar-refractivity contribution is 9.10. The van der Waals surface area contributed by atoms with Crippen LogP contribution in [0.2, 0.25) is 5.02 Å². The molecule has 18 heavy (non-hydrogen) atoms. The minimum Gasteiger partial charge on any atom is -0.368 e. The minimum absolute atomic E-state index is 0.117. The van der Waals surface area contributed by atoms with E-state index < -0.39 is 0 Å². The Bertz CT molecular complexity index is 576. The molecular formula is C10H10BrClN6. The van der Waals surface area contributed by atoms with E-state index in [2.05, 4.69) is 36.6 Å². The summed E-state index contributed by atoms with van der Waals surface area (Å²) in [5, 5.41) is 3.67. The van der Waals surface area contributed by atoms with Gasteiger partial charge in [0.15, 0.2) is 0 Å². The largest absolute Gasteiger partial charge is 0.368 e. The molecule has 1 aromatic carbocycles. The predicted molar refractivity (Wildman–Crippen MR) is 76.7 cm³/mol. The first-order valence-electron chi connectivity index (χ1n) is 4.92. The van der Waals surface area contributed by atoms with E-state index in [9.17, 15) is 0 Å². The Labute approximate surface area is 117 Å². The fourth-order valence-corrected chi connectivity index (χ4v) is 1.88. The molecule has 0 bridgehead atoms. The zero-order valence-electron chi connectivity index (χ0n) is 9.11. The zero-order chi connectivity index (χ0) is 13.1. The standard InChI is InChI=1S/C10H10BrClN6/c11-9-5(12)2-1-3-6(9)15-7-4-8(18-14)17-10(13)16-7/h1-4H,14H2,(H4,13,15,16,17,18). The number of hydrogen-bond donors (Lipinski definition) is 4. The second kappa shape index (κ2) is 5.38. The lowest BCUT2D eigenvalue weighted by molar-refractivity contribution is 1.15. The highest BCUT2D eigenvalue weighted by atomic mass is 79.9. The van der Waals surface area contributed by atoms with Crippen molar-refractivity contribution in [2.24, 2.45) is 5.84 Å². The Balaban J connectivity index is 2.34. The molecule has 8 heteroatoms. The maximum Gasteiger partial charge on any atom is 0.223 e. The summed E-state index contributed by atoms with van der Waals surface area (Å²) >= 11 is 9.38. The molecule has 94 valence electrons. The van der Waals surface area contributed by atoms with Gasteiger partial charge in [0.2, 0.25) is 5.95 Å². The van der Waals surface area contributed by atoms with Gasteiger partial charge in [-0.25, -0.2) is 5.84 Å². The van der Waals surface area contributed by atoms with Gasteiger partial charge in [-0.3, -0.25) is 0 Å². The average Bonchev–Trinajstić information content (AvgIpc) is 2.34. The first-order chi connectivity index (χ1) is 8.60. The van der Waals surface area contributed by atoms with E-state index in [4.69, 9.17) is 23.2 Å². The van der Waals surface area contributed by atoms with Crippen LogP contribution in [0, 0.1) is 0 Å². The van der Waals surface area contributed by atoms with E-state index in [1.807, 2.05) is 12.1 Å². The third kappa shape index (κ3) is 2.81. The van der Waals surface area contributed by atoms with Gasteiger partial charge in [-0.15, -0.1) is 0 Å². The van der Waals surface area contributed by atoms with Gasteiger partial charge >= 0.3 is 0 Å². The number of halogens is 2. The van der Waals surface area contributed by atoms with Crippen LogP contribution in [-0.2, 0) is 0 Å². The van der Waals surface area contributed by atoms with Crippen LogP contribution in [0.1, 0.15) is 0 Å². The van der Waals surface area contributed by atoms with Crippen LogP contribution in [0.15, 0.2) is 28.7 Å². The van der Waals surface area contributed by atoms with Crippen molar-refractivity contribution in [3.63, 3.8) is 0 Å². The number of nitrogens with zero attached hydrogens (tertiary/aromatic N) is 2. The molecule has 0 aliphatic rings. The van der Waals surface area contributed by atoms with Gasteiger partial charge in [-0.05, 0) is 28.1 Å². The first kappa shape index (κ1) is 12.9. The van der Waals surface area contributed by atoms with E-state index in [-0.39, 0.29) is 5.95 Å². The Morgan fingerprint density at radius 3 is 2.67 bits per heavy atom. The minimum atomic E-state index is 0.117. The Hall–Kier alpha value is -1.57. The lowest BCUT2D eigenvalue weighted by Crippen LogP contribution is -2.11. The normalized spacial score (nSPS) is 10.2. The lowest BCUT2D eigenvalue weighted by Gasteiger charge is -2.10. The summed E-state index contributed by atoms with van der Waals surface area (Å²) in [5.41, 5.74) is 8.74. The topological polar surface area (TPSA) is 102 Å². The number of rotatable bonds is 3. The number of nitrogens with one attached hydrogen (secondary N) is 2. The third-order valence-corrected chi connectivity index (χ3v) is 3.50. The molecule has 0 radical (unpaired) electrons. The number of hydrogen-bond acceptors (Lipinski definition) is 6. The number of anilines is 4. The van der Waals surface area contributed by atoms with Crippen LogP contribution in [0.4, 0.5) is 23.3 Å². The van der Waals surface area contributed by atoms with Crippen LogP contribution in [0.25, 0.3) is 0 Å². The fourth-order valence-electron chi connectivity index (χ4n) is 1.34. The van der Waals surface area contributed by atoms with Crippen molar-refractivity contribution >= 4 is 50.8 Å². The molecule has 0 fully saturated rings. The van der Waals surface area contributed by atoms with Crippen molar-refractivity contribution in [1.29, 1.82) is 0 Å². The number of hydrazine groups is 1. The molecule has 0 saturated carbocycles. The van der Waals surface area contributed by atoms with Crippen molar-refractivity contribution in [2.45, 2.75) is 0 Å². The van der Waals surface area contributed by atoms with Gasteiger partial charge in [0.25, 0.3) is 0 Å². The summed E-state index contributed by atoms with van der Waals surface area (Å²) in [6.45, 7) is 0. The summed E-state index contributed by atoms with van der Waals surface area (Å²) in [5.74, 6) is 6.33. The van der Waals surface area contributed by atoms with Crippen LogP contribution in [0.5, 0.6) is 0 Å². The SMILES string of the molecule is NNc1cc(Nc2cccc(Cl)c2Br)nc(N)n1. The van der Waals surface area contributed by atoms with E-state index in [0.29, 0.717) is 16.7 Å². The molecule has 0 saturated heterocycles.